The van der Waals surface area contributed by atoms with Crippen molar-refractivity contribution in [2.24, 2.45) is 0 Å². The van der Waals surface area contributed by atoms with Gasteiger partial charge < -0.3 is 9.80 Å². The zero-order valence-corrected chi connectivity index (χ0v) is 14.9. The van der Waals surface area contributed by atoms with E-state index in [9.17, 15) is 9.59 Å². The quantitative estimate of drug-likeness (QED) is 0.776. The molecular weight excluding hydrogens is 342 g/mol. The lowest BCUT2D eigenvalue weighted by Crippen LogP contribution is -2.52. The number of carbonyl (C=O) groups is 2. The fraction of sp³-hybridized carbons (Fsp3) is 0.200. The first kappa shape index (κ1) is 17.0. The van der Waals surface area contributed by atoms with Gasteiger partial charge in [-0.3, -0.25) is 19.7 Å². The molecule has 2 aromatic heterocycles. The molecule has 3 heterocycles. The number of anilines is 1. The first-order chi connectivity index (χ1) is 13.1. The summed E-state index contributed by atoms with van der Waals surface area (Å²) in [5.74, 6) is -0.313. The van der Waals surface area contributed by atoms with Crippen molar-refractivity contribution in [2.75, 3.05) is 24.5 Å². The second kappa shape index (κ2) is 7.03. The molecule has 0 atom stereocenters. The SMILES string of the molecule is Cc1ccc(N2CCN(C(=O)c3cc(-c4ccncc4)n[nH]3)CC2=O)cc1. The van der Waals surface area contributed by atoms with Gasteiger partial charge >= 0.3 is 0 Å². The maximum Gasteiger partial charge on any atom is 0.272 e. The second-order valence-electron chi connectivity index (χ2n) is 6.51. The first-order valence-corrected chi connectivity index (χ1v) is 8.74. The Morgan fingerprint density at radius 3 is 2.52 bits per heavy atom. The van der Waals surface area contributed by atoms with Crippen molar-refractivity contribution in [3.8, 4) is 11.3 Å². The highest BCUT2D eigenvalue weighted by Crippen LogP contribution is 2.20. The Labute approximate surface area is 156 Å². The molecule has 0 saturated carbocycles. The molecule has 1 saturated heterocycles. The van der Waals surface area contributed by atoms with E-state index in [4.69, 9.17) is 0 Å². The third-order valence-electron chi connectivity index (χ3n) is 4.64. The van der Waals surface area contributed by atoms with E-state index < -0.39 is 0 Å². The lowest BCUT2D eigenvalue weighted by Gasteiger charge is -2.34. The Kier molecular flexibility index (Phi) is 4.42. The zero-order valence-electron chi connectivity index (χ0n) is 14.9. The average Bonchev–Trinajstić information content (AvgIpc) is 3.19. The number of carbonyl (C=O) groups excluding carboxylic acids is 2. The number of aromatic nitrogens is 3. The summed E-state index contributed by atoms with van der Waals surface area (Å²) in [4.78, 5) is 32.6. The van der Waals surface area contributed by atoms with Crippen LogP contribution in [0, 0.1) is 6.92 Å². The van der Waals surface area contributed by atoms with Gasteiger partial charge in [0.05, 0.1) is 5.69 Å². The van der Waals surface area contributed by atoms with Gasteiger partial charge in [0.25, 0.3) is 5.91 Å². The number of benzene rings is 1. The zero-order chi connectivity index (χ0) is 18.8. The minimum absolute atomic E-state index is 0.0519. The van der Waals surface area contributed by atoms with Crippen molar-refractivity contribution in [1.82, 2.24) is 20.1 Å². The molecule has 136 valence electrons. The highest BCUT2D eigenvalue weighted by atomic mass is 16.2. The van der Waals surface area contributed by atoms with Crippen LogP contribution >= 0.6 is 0 Å². The molecule has 1 N–H and O–H groups in total. The molecule has 0 aliphatic carbocycles. The van der Waals surface area contributed by atoms with Gasteiger partial charge in [-0.25, -0.2) is 0 Å². The largest absolute Gasteiger partial charge is 0.326 e. The number of rotatable bonds is 3. The summed E-state index contributed by atoms with van der Waals surface area (Å²) < 4.78 is 0. The third kappa shape index (κ3) is 3.44. The molecular formula is C20H19N5O2. The van der Waals surface area contributed by atoms with E-state index in [0.29, 0.717) is 24.5 Å². The summed E-state index contributed by atoms with van der Waals surface area (Å²) in [6, 6.07) is 13.2. The molecule has 0 bridgehead atoms. The first-order valence-electron chi connectivity index (χ1n) is 8.74. The van der Waals surface area contributed by atoms with Crippen LogP contribution in [-0.2, 0) is 4.79 Å². The van der Waals surface area contributed by atoms with Crippen LogP contribution < -0.4 is 4.90 Å². The summed E-state index contributed by atoms with van der Waals surface area (Å²) in [5.41, 5.74) is 3.92. The van der Waals surface area contributed by atoms with Gasteiger partial charge in [-0.2, -0.15) is 5.10 Å². The Balaban J connectivity index is 1.46. The van der Waals surface area contributed by atoms with Crippen molar-refractivity contribution in [3.05, 3.63) is 66.1 Å². The number of piperazine rings is 1. The van der Waals surface area contributed by atoms with Crippen LogP contribution in [0.5, 0.6) is 0 Å². The van der Waals surface area contributed by atoms with Gasteiger partial charge in [0.2, 0.25) is 5.91 Å². The lowest BCUT2D eigenvalue weighted by atomic mass is 10.1. The molecule has 0 radical (unpaired) electrons. The average molecular weight is 361 g/mol. The molecule has 0 spiro atoms. The van der Waals surface area contributed by atoms with E-state index in [0.717, 1.165) is 16.8 Å². The molecule has 1 aliphatic rings. The number of amides is 2. The molecule has 1 aliphatic heterocycles. The normalized spacial score (nSPS) is 14.5. The van der Waals surface area contributed by atoms with Gasteiger partial charge in [-0.1, -0.05) is 17.7 Å². The summed E-state index contributed by atoms with van der Waals surface area (Å²) in [6.45, 7) is 3.00. The van der Waals surface area contributed by atoms with Gasteiger partial charge in [-0.15, -0.1) is 0 Å². The Hall–Kier alpha value is -3.48. The number of pyridine rings is 1. The molecule has 1 fully saturated rings. The van der Waals surface area contributed by atoms with Crippen LogP contribution in [0.4, 0.5) is 5.69 Å². The predicted octanol–water partition coefficient (Wildman–Crippen LogP) is 2.27. The summed E-state index contributed by atoms with van der Waals surface area (Å²) in [6.07, 6.45) is 3.35. The van der Waals surface area contributed by atoms with Crippen molar-refractivity contribution < 1.29 is 9.59 Å². The summed E-state index contributed by atoms with van der Waals surface area (Å²) >= 11 is 0. The van der Waals surface area contributed by atoms with Gasteiger partial charge in [-0.05, 0) is 37.3 Å². The van der Waals surface area contributed by atoms with Gasteiger partial charge in [0.15, 0.2) is 0 Å². The van der Waals surface area contributed by atoms with E-state index in [1.54, 1.807) is 28.3 Å². The predicted molar refractivity (Wildman–Crippen MR) is 101 cm³/mol. The van der Waals surface area contributed by atoms with Crippen LogP contribution in [0.2, 0.25) is 0 Å². The Morgan fingerprint density at radius 1 is 1.07 bits per heavy atom. The Bertz CT molecular complexity index is 966. The fourth-order valence-corrected chi connectivity index (χ4v) is 3.12. The molecule has 1 aromatic carbocycles. The second-order valence-corrected chi connectivity index (χ2v) is 6.51. The van der Waals surface area contributed by atoms with Gasteiger partial charge in [0.1, 0.15) is 12.2 Å². The minimum Gasteiger partial charge on any atom is -0.326 e. The van der Waals surface area contributed by atoms with E-state index in [1.807, 2.05) is 43.3 Å². The fourth-order valence-electron chi connectivity index (χ4n) is 3.12. The molecule has 0 unspecified atom stereocenters. The number of nitrogens with zero attached hydrogens (tertiary/aromatic N) is 4. The standard InChI is InChI=1S/C20H19N5O2/c1-14-2-4-16(5-3-14)25-11-10-24(13-19(25)26)20(27)18-12-17(22-23-18)15-6-8-21-9-7-15/h2-9,12H,10-11,13H2,1H3,(H,22,23). The van der Waals surface area contributed by atoms with Gasteiger partial charge in [0, 0.05) is 36.7 Å². The number of hydrogen-bond donors (Lipinski definition) is 1. The third-order valence-corrected chi connectivity index (χ3v) is 4.64. The smallest absolute Gasteiger partial charge is 0.272 e. The monoisotopic (exact) mass is 361 g/mol. The number of aromatic amines is 1. The van der Waals surface area contributed by atoms with Crippen LogP contribution in [0.15, 0.2) is 54.9 Å². The maximum atomic E-state index is 12.7. The number of hydrogen-bond acceptors (Lipinski definition) is 4. The van der Waals surface area contributed by atoms with E-state index in [2.05, 4.69) is 15.2 Å². The van der Waals surface area contributed by atoms with E-state index in [-0.39, 0.29) is 18.4 Å². The van der Waals surface area contributed by atoms with Crippen molar-refractivity contribution in [3.63, 3.8) is 0 Å². The molecule has 3 aromatic rings. The van der Waals surface area contributed by atoms with E-state index >= 15 is 0 Å². The van der Waals surface area contributed by atoms with Crippen LogP contribution in [-0.4, -0.2) is 51.5 Å². The van der Waals surface area contributed by atoms with Crippen LogP contribution in [0.25, 0.3) is 11.3 Å². The van der Waals surface area contributed by atoms with Crippen LogP contribution in [0.3, 0.4) is 0 Å². The molecule has 4 rings (SSSR count). The lowest BCUT2D eigenvalue weighted by molar-refractivity contribution is -0.120. The number of nitrogens with one attached hydrogen (secondary N) is 1. The molecule has 2 amide bonds. The summed E-state index contributed by atoms with van der Waals surface area (Å²) in [5, 5.41) is 6.98. The maximum absolute atomic E-state index is 12.7. The van der Waals surface area contributed by atoms with Crippen LogP contribution in [0.1, 0.15) is 16.1 Å². The molecule has 7 nitrogen and oxygen atoms in total. The van der Waals surface area contributed by atoms with Crippen molar-refractivity contribution in [1.29, 1.82) is 0 Å². The molecule has 27 heavy (non-hydrogen) atoms. The highest BCUT2D eigenvalue weighted by Gasteiger charge is 2.29. The van der Waals surface area contributed by atoms with E-state index in [1.165, 1.54) is 0 Å². The topological polar surface area (TPSA) is 82.2 Å². The Morgan fingerprint density at radius 2 is 1.81 bits per heavy atom. The number of aryl methyl sites for hydroxylation is 1. The highest BCUT2D eigenvalue weighted by molar-refractivity contribution is 6.01. The van der Waals surface area contributed by atoms with Crippen molar-refractivity contribution in [2.45, 2.75) is 6.92 Å². The number of H-pyrrole nitrogens is 1. The minimum atomic E-state index is -0.222. The molecule has 7 heteroatoms. The van der Waals surface area contributed by atoms with Crippen molar-refractivity contribution >= 4 is 17.5 Å². The summed E-state index contributed by atoms with van der Waals surface area (Å²) in [7, 11) is 0.